The van der Waals surface area contributed by atoms with Crippen molar-refractivity contribution in [3.8, 4) is 0 Å². The summed E-state index contributed by atoms with van der Waals surface area (Å²) in [6.07, 6.45) is 3.12. The third-order valence-corrected chi connectivity index (χ3v) is 5.51. The highest BCUT2D eigenvalue weighted by atomic mass is 32.2. The molecule has 20 heavy (non-hydrogen) atoms. The van der Waals surface area contributed by atoms with Crippen LogP contribution < -0.4 is 5.32 Å². The number of carbonyl (C=O) groups excluding carboxylic acids is 1. The van der Waals surface area contributed by atoms with E-state index in [0.717, 1.165) is 6.42 Å². The molecule has 0 spiro atoms. The minimum atomic E-state index is -0.569. The second kappa shape index (κ2) is 6.96. The van der Waals surface area contributed by atoms with Crippen LogP contribution in [-0.2, 0) is 9.53 Å². The second-order valence-corrected chi connectivity index (χ2v) is 8.22. The molecule has 1 aromatic heterocycles. The Labute approximate surface area is 129 Å². The first-order valence-electron chi connectivity index (χ1n) is 7.18. The van der Waals surface area contributed by atoms with Crippen LogP contribution in [0.25, 0.3) is 0 Å². The van der Waals surface area contributed by atoms with Crippen LogP contribution in [0.5, 0.6) is 0 Å². The lowest BCUT2D eigenvalue weighted by Crippen LogP contribution is -2.52. The van der Waals surface area contributed by atoms with E-state index < -0.39 is 5.54 Å². The minimum absolute atomic E-state index is 0.120. The van der Waals surface area contributed by atoms with Gasteiger partial charge in [0.2, 0.25) is 0 Å². The fraction of sp³-hybridized carbons (Fsp3) is 0.667. The molecule has 0 aromatic carbocycles. The molecule has 0 aliphatic heterocycles. The molecular formula is C15H23NO2S2. The number of hydrogen-bond acceptors (Lipinski definition) is 5. The van der Waals surface area contributed by atoms with Gasteiger partial charge in [0, 0.05) is 11.3 Å². The Bertz CT molecular complexity index is 431. The Balaban J connectivity index is 1.96. The van der Waals surface area contributed by atoms with Crippen LogP contribution in [0, 0.1) is 0 Å². The van der Waals surface area contributed by atoms with Crippen molar-refractivity contribution in [1.82, 2.24) is 5.32 Å². The zero-order valence-corrected chi connectivity index (χ0v) is 14.0. The maximum absolute atomic E-state index is 12.3. The molecule has 0 saturated heterocycles. The molecule has 1 saturated carbocycles. The summed E-state index contributed by atoms with van der Waals surface area (Å²) in [4.78, 5) is 12.3. The maximum Gasteiger partial charge on any atom is 0.326 e. The lowest BCUT2D eigenvalue weighted by molar-refractivity contribution is -0.150. The van der Waals surface area contributed by atoms with Crippen molar-refractivity contribution in [2.24, 2.45) is 0 Å². The lowest BCUT2D eigenvalue weighted by atomic mass is 9.95. The smallest absolute Gasteiger partial charge is 0.326 e. The number of ether oxygens (including phenoxy) is 1. The van der Waals surface area contributed by atoms with Crippen LogP contribution in [0.3, 0.4) is 0 Å². The van der Waals surface area contributed by atoms with Gasteiger partial charge < -0.3 is 4.74 Å². The first-order chi connectivity index (χ1) is 9.53. The van der Waals surface area contributed by atoms with Gasteiger partial charge in [-0.25, -0.2) is 0 Å². The van der Waals surface area contributed by atoms with Gasteiger partial charge in [-0.3, -0.25) is 10.1 Å². The second-order valence-electron chi connectivity index (χ2n) is 5.54. The van der Waals surface area contributed by atoms with Crippen molar-refractivity contribution in [1.29, 1.82) is 0 Å². The first kappa shape index (κ1) is 15.9. The molecular weight excluding hydrogens is 290 g/mol. The van der Waals surface area contributed by atoms with Crippen LogP contribution in [0.15, 0.2) is 21.7 Å². The minimum Gasteiger partial charge on any atom is -0.465 e. The van der Waals surface area contributed by atoms with Gasteiger partial charge in [0.05, 0.1) is 10.8 Å². The van der Waals surface area contributed by atoms with Crippen LogP contribution in [0.2, 0.25) is 0 Å². The zero-order valence-electron chi connectivity index (χ0n) is 12.3. The predicted octanol–water partition coefficient (Wildman–Crippen LogP) is 3.69. The molecule has 0 radical (unpaired) electrons. The average Bonchev–Trinajstić information content (AvgIpc) is 3.03. The van der Waals surface area contributed by atoms with Gasteiger partial charge in [0.25, 0.3) is 0 Å². The van der Waals surface area contributed by atoms with Crippen LogP contribution in [-0.4, -0.2) is 29.4 Å². The number of carbonyl (C=O) groups is 1. The SMILES string of the molecule is CCOC(=O)C(C)(CC(C)Sc1cccs1)NC1CC1. The van der Waals surface area contributed by atoms with E-state index in [1.54, 1.807) is 11.3 Å². The Kier molecular flexibility index (Phi) is 5.52. The van der Waals surface area contributed by atoms with E-state index in [-0.39, 0.29) is 5.97 Å². The Morgan fingerprint density at radius 3 is 2.95 bits per heavy atom. The molecule has 0 amide bonds. The normalized spacial score (nSPS) is 19.4. The number of esters is 1. The molecule has 2 unspecified atom stereocenters. The molecule has 1 N–H and O–H groups in total. The summed E-state index contributed by atoms with van der Waals surface area (Å²) in [5.41, 5.74) is -0.569. The Morgan fingerprint density at radius 2 is 2.40 bits per heavy atom. The largest absolute Gasteiger partial charge is 0.465 e. The lowest BCUT2D eigenvalue weighted by Gasteiger charge is -2.31. The van der Waals surface area contributed by atoms with E-state index >= 15 is 0 Å². The van der Waals surface area contributed by atoms with Gasteiger partial charge in [-0.15, -0.1) is 23.1 Å². The Hall–Kier alpha value is -0.520. The average molecular weight is 313 g/mol. The quantitative estimate of drug-likeness (QED) is 0.587. The first-order valence-corrected chi connectivity index (χ1v) is 8.94. The van der Waals surface area contributed by atoms with E-state index in [1.807, 2.05) is 25.6 Å². The number of rotatable bonds is 8. The van der Waals surface area contributed by atoms with Crippen molar-refractivity contribution in [3.05, 3.63) is 17.5 Å². The number of hydrogen-bond donors (Lipinski definition) is 1. The van der Waals surface area contributed by atoms with Crippen LogP contribution in [0.1, 0.15) is 40.0 Å². The molecule has 0 bridgehead atoms. The van der Waals surface area contributed by atoms with E-state index in [9.17, 15) is 4.79 Å². The summed E-state index contributed by atoms with van der Waals surface area (Å²) >= 11 is 3.58. The van der Waals surface area contributed by atoms with Crippen molar-refractivity contribution >= 4 is 29.1 Å². The summed E-state index contributed by atoms with van der Waals surface area (Å²) < 4.78 is 6.56. The molecule has 5 heteroatoms. The van der Waals surface area contributed by atoms with Crippen molar-refractivity contribution in [2.75, 3.05) is 6.61 Å². The summed E-state index contributed by atoms with van der Waals surface area (Å²) in [5, 5.41) is 5.93. The van der Waals surface area contributed by atoms with Crippen molar-refractivity contribution < 1.29 is 9.53 Å². The summed E-state index contributed by atoms with van der Waals surface area (Å²) in [7, 11) is 0. The van der Waals surface area contributed by atoms with Crippen molar-refractivity contribution in [2.45, 2.75) is 61.1 Å². The summed E-state index contributed by atoms with van der Waals surface area (Å²) in [6, 6.07) is 4.68. The molecule has 2 rings (SSSR count). The fourth-order valence-corrected chi connectivity index (χ4v) is 4.62. The molecule has 112 valence electrons. The molecule has 2 atom stereocenters. The highest BCUT2D eigenvalue weighted by molar-refractivity contribution is 8.01. The number of thioether (sulfide) groups is 1. The van der Waals surface area contributed by atoms with Crippen LogP contribution in [0.4, 0.5) is 0 Å². The standard InChI is InChI=1S/C15H23NO2S2/c1-4-18-14(17)15(3,16-12-7-8-12)10-11(2)20-13-6-5-9-19-13/h5-6,9,11-12,16H,4,7-8,10H2,1-3H3. The van der Waals surface area contributed by atoms with E-state index in [1.165, 1.54) is 17.1 Å². The zero-order chi connectivity index (χ0) is 14.6. The third kappa shape index (κ3) is 4.50. The predicted molar refractivity (Wildman–Crippen MR) is 85.5 cm³/mol. The van der Waals surface area contributed by atoms with E-state index in [4.69, 9.17) is 4.74 Å². The van der Waals surface area contributed by atoms with Gasteiger partial charge in [0.15, 0.2) is 0 Å². The highest BCUT2D eigenvalue weighted by Gasteiger charge is 2.40. The number of thiophene rings is 1. The molecule has 1 fully saturated rings. The maximum atomic E-state index is 12.3. The Morgan fingerprint density at radius 1 is 1.65 bits per heavy atom. The highest BCUT2D eigenvalue weighted by Crippen LogP contribution is 2.33. The topological polar surface area (TPSA) is 38.3 Å². The molecule has 1 aromatic rings. The number of nitrogens with one attached hydrogen (secondary N) is 1. The molecule has 3 nitrogen and oxygen atoms in total. The van der Waals surface area contributed by atoms with Crippen molar-refractivity contribution in [3.63, 3.8) is 0 Å². The monoisotopic (exact) mass is 313 g/mol. The van der Waals surface area contributed by atoms with Gasteiger partial charge in [-0.2, -0.15) is 0 Å². The van der Waals surface area contributed by atoms with Gasteiger partial charge in [-0.05, 0) is 44.6 Å². The van der Waals surface area contributed by atoms with E-state index in [2.05, 4.69) is 29.8 Å². The fourth-order valence-electron chi connectivity index (χ4n) is 2.32. The molecule has 1 aliphatic carbocycles. The van der Waals surface area contributed by atoms with Gasteiger partial charge in [0.1, 0.15) is 5.54 Å². The van der Waals surface area contributed by atoms with Gasteiger partial charge >= 0.3 is 5.97 Å². The third-order valence-electron chi connectivity index (χ3n) is 3.33. The molecule has 1 aliphatic rings. The summed E-state index contributed by atoms with van der Waals surface area (Å²) in [6.45, 7) is 6.46. The van der Waals surface area contributed by atoms with Crippen LogP contribution >= 0.6 is 23.1 Å². The van der Waals surface area contributed by atoms with Gasteiger partial charge in [-0.1, -0.05) is 13.0 Å². The summed E-state index contributed by atoms with van der Waals surface area (Å²) in [5.74, 6) is -0.120. The molecule has 1 heterocycles. The van der Waals surface area contributed by atoms with E-state index in [0.29, 0.717) is 17.9 Å².